The van der Waals surface area contributed by atoms with Gasteiger partial charge in [0.2, 0.25) is 5.91 Å². The van der Waals surface area contributed by atoms with Gasteiger partial charge in [-0.2, -0.15) is 0 Å². The average Bonchev–Trinajstić information content (AvgIpc) is 3.08. The molecule has 1 N–H and O–H groups in total. The van der Waals surface area contributed by atoms with Gasteiger partial charge >= 0.3 is 0 Å². The summed E-state index contributed by atoms with van der Waals surface area (Å²) >= 11 is 0. The Morgan fingerprint density at radius 2 is 1.62 bits per heavy atom. The summed E-state index contributed by atoms with van der Waals surface area (Å²) in [5.41, 5.74) is 3.37. The summed E-state index contributed by atoms with van der Waals surface area (Å²) in [6.45, 7) is 0.690. The number of hydrogen-bond acceptors (Lipinski definition) is 2. The van der Waals surface area contributed by atoms with E-state index in [0.717, 1.165) is 16.7 Å². The normalized spacial score (nSPS) is 13.8. The molecule has 1 heterocycles. The second kappa shape index (κ2) is 8.27. The van der Waals surface area contributed by atoms with Crippen molar-refractivity contribution in [2.24, 2.45) is 0 Å². The Hall–Kier alpha value is -3.47. The molecule has 3 aromatic rings. The van der Waals surface area contributed by atoms with Crippen LogP contribution in [0, 0.1) is 5.82 Å². The van der Waals surface area contributed by atoms with Crippen LogP contribution >= 0.6 is 0 Å². The fourth-order valence-electron chi connectivity index (χ4n) is 3.62. The molecule has 0 aromatic heterocycles. The van der Waals surface area contributed by atoms with E-state index < -0.39 is 6.04 Å². The fourth-order valence-corrected chi connectivity index (χ4v) is 3.62. The molecule has 0 spiro atoms. The maximum absolute atomic E-state index is 13.1. The lowest BCUT2D eigenvalue weighted by atomic mass is 10.0. The minimum absolute atomic E-state index is 0.126. The molecule has 0 radical (unpaired) electrons. The first-order valence-corrected chi connectivity index (χ1v) is 9.57. The van der Waals surface area contributed by atoms with E-state index >= 15 is 0 Å². The van der Waals surface area contributed by atoms with Crippen molar-refractivity contribution in [3.63, 3.8) is 0 Å². The van der Waals surface area contributed by atoms with Crippen LogP contribution in [0.25, 0.3) is 0 Å². The highest BCUT2D eigenvalue weighted by molar-refractivity contribution is 6.01. The molecule has 1 atom stereocenters. The number of halogens is 1. The summed E-state index contributed by atoms with van der Waals surface area (Å²) in [4.78, 5) is 27.7. The fraction of sp³-hybridized carbons (Fsp3) is 0.167. The van der Waals surface area contributed by atoms with Crippen LogP contribution in [0.15, 0.2) is 78.9 Å². The first-order valence-electron chi connectivity index (χ1n) is 9.57. The summed E-state index contributed by atoms with van der Waals surface area (Å²) < 4.78 is 13.1. The van der Waals surface area contributed by atoms with Crippen molar-refractivity contribution in [3.05, 3.63) is 107 Å². The molecular weight excluding hydrogens is 367 g/mol. The lowest BCUT2D eigenvalue weighted by molar-refractivity contribution is -0.125. The lowest BCUT2D eigenvalue weighted by Gasteiger charge is -2.27. The van der Waals surface area contributed by atoms with Crippen LogP contribution in [-0.4, -0.2) is 22.8 Å². The van der Waals surface area contributed by atoms with E-state index in [4.69, 9.17) is 0 Å². The molecule has 146 valence electrons. The van der Waals surface area contributed by atoms with Crippen molar-refractivity contribution >= 4 is 11.8 Å². The second-order valence-electron chi connectivity index (χ2n) is 7.14. The van der Waals surface area contributed by atoms with Gasteiger partial charge in [0.25, 0.3) is 5.91 Å². The van der Waals surface area contributed by atoms with Gasteiger partial charge in [-0.05, 0) is 34.9 Å². The molecule has 4 rings (SSSR count). The highest BCUT2D eigenvalue weighted by atomic mass is 19.1. The molecule has 0 saturated heterocycles. The van der Waals surface area contributed by atoms with E-state index in [0.29, 0.717) is 18.5 Å². The standard InChI is InChI=1S/C24H21FN2O2/c25-20-12-10-18(11-13-20)15-26-23(28)22(14-17-6-2-1-3-7-17)27-16-19-8-4-5-9-21(19)24(27)29/h1-13,22H,14-16H2,(H,26,28). The number of fused-ring (bicyclic) bond motifs is 1. The molecule has 4 nitrogen and oxygen atoms in total. The number of hydrogen-bond donors (Lipinski definition) is 1. The first-order chi connectivity index (χ1) is 14.1. The van der Waals surface area contributed by atoms with Crippen molar-refractivity contribution in [1.82, 2.24) is 10.2 Å². The van der Waals surface area contributed by atoms with Crippen LogP contribution in [0.3, 0.4) is 0 Å². The predicted octanol–water partition coefficient (Wildman–Crippen LogP) is 3.71. The summed E-state index contributed by atoms with van der Waals surface area (Å²) in [5, 5.41) is 2.91. The van der Waals surface area contributed by atoms with Gasteiger partial charge in [0.15, 0.2) is 0 Å². The van der Waals surface area contributed by atoms with E-state index in [1.54, 1.807) is 23.1 Å². The molecule has 29 heavy (non-hydrogen) atoms. The summed E-state index contributed by atoms with van der Waals surface area (Å²) in [6.07, 6.45) is 0.426. The van der Waals surface area contributed by atoms with Gasteiger partial charge in [-0.15, -0.1) is 0 Å². The summed E-state index contributed by atoms with van der Waals surface area (Å²) in [7, 11) is 0. The molecular formula is C24H21FN2O2. The van der Waals surface area contributed by atoms with Gasteiger partial charge < -0.3 is 10.2 Å². The van der Waals surface area contributed by atoms with Crippen LogP contribution in [-0.2, 0) is 24.3 Å². The number of nitrogens with one attached hydrogen (secondary N) is 1. The average molecular weight is 388 g/mol. The summed E-state index contributed by atoms with van der Waals surface area (Å²) in [6, 6.07) is 22.5. The molecule has 0 aliphatic carbocycles. The molecule has 1 aliphatic rings. The first kappa shape index (κ1) is 18.9. The molecule has 0 bridgehead atoms. The van der Waals surface area contributed by atoms with E-state index in [1.165, 1.54) is 12.1 Å². The third-order valence-corrected chi connectivity index (χ3v) is 5.18. The number of amides is 2. The zero-order valence-corrected chi connectivity index (χ0v) is 15.8. The molecule has 5 heteroatoms. The van der Waals surface area contributed by atoms with E-state index in [9.17, 15) is 14.0 Å². The van der Waals surface area contributed by atoms with Crippen molar-refractivity contribution in [2.45, 2.75) is 25.6 Å². The largest absolute Gasteiger partial charge is 0.350 e. The molecule has 0 fully saturated rings. The van der Waals surface area contributed by atoms with Gasteiger partial charge in [0, 0.05) is 25.1 Å². The Balaban J connectivity index is 1.54. The smallest absolute Gasteiger partial charge is 0.255 e. The van der Waals surface area contributed by atoms with E-state index in [2.05, 4.69) is 5.32 Å². The summed E-state index contributed by atoms with van der Waals surface area (Å²) in [5.74, 6) is -0.666. The molecule has 1 unspecified atom stereocenters. The van der Waals surface area contributed by atoms with Crippen molar-refractivity contribution < 1.29 is 14.0 Å². The number of carbonyl (C=O) groups is 2. The van der Waals surface area contributed by atoms with Crippen molar-refractivity contribution in [1.29, 1.82) is 0 Å². The number of carbonyl (C=O) groups excluding carboxylic acids is 2. The Labute approximate surface area is 169 Å². The van der Waals surface area contributed by atoms with Crippen molar-refractivity contribution in [3.8, 4) is 0 Å². The van der Waals surface area contributed by atoms with Gasteiger partial charge in [0.1, 0.15) is 11.9 Å². The molecule has 3 aromatic carbocycles. The number of benzene rings is 3. The maximum atomic E-state index is 13.1. The predicted molar refractivity (Wildman–Crippen MR) is 108 cm³/mol. The monoisotopic (exact) mass is 388 g/mol. The quantitative estimate of drug-likeness (QED) is 0.700. The maximum Gasteiger partial charge on any atom is 0.255 e. The van der Waals surface area contributed by atoms with Crippen LogP contribution < -0.4 is 5.32 Å². The Bertz CT molecular complexity index is 1020. The number of nitrogens with zero attached hydrogens (tertiary/aromatic N) is 1. The third-order valence-electron chi connectivity index (χ3n) is 5.18. The molecule has 1 aliphatic heterocycles. The van der Waals surface area contributed by atoms with Crippen LogP contribution in [0.1, 0.15) is 27.0 Å². The van der Waals surface area contributed by atoms with Crippen LogP contribution in [0.2, 0.25) is 0 Å². The molecule has 2 amide bonds. The minimum atomic E-state index is -0.627. The Kier molecular flexibility index (Phi) is 5.38. The van der Waals surface area contributed by atoms with Gasteiger partial charge in [0.05, 0.1) is 0 Å². The van der Waals surface area contributed by atoms with Crippen LogP contribution in [0.4, 0.5) is 4.39 Å². The SMILES string of the molecule is O=C(NCc1ccc(F)cc1)C(Cc1ccccc1)N1Cc2ccccc2C1=O. The lowest BCUT2D eigenvalue weighted by Crippen LogP contribution is -2.48. The molecule has 0 saturated carbocycles. The minimum Gasteiger partial charge on any atom is -0.350 e. The highest BCUT2D eigenvalue weighted by Gasteiger charge is 2.36. The van der Waals surface area contributed by atoms with Gasteiger partial charge in [-0.3, -0.25) is 9.59 Å². The second-order valence-corrected chi connectivity index (χ2v) is 7.14. The van der Waals surface area contributed by atoms with Crippen molar-refractivity contribution in [2.75, 3.05) is 0 Å². The van der Waals surface area contributed by atoms with Crippen LogP contribution in [0.5, 0.6) is 0 Å². The zero-order valence-electron chi connectivity index (χ0n) is 15.8. The van der Waals surface area contributed by atoms with Gasteiger partial charge in [-0.1, -0.05) is 60.7 Å². The third kappa shape index (κ3) is 4.19. The highest BCUT2D eigenvalue weighted by Crippen LogP contribution is 2.26. The van der Waals surface area contributed by atoms with Gasteiger partial charge in [-0.25, -0.2) is 4.39 Å². The Morgan fingerprint density at radius 3 is 2.34 bits per heavy atom. The van der Waals surface area contributed by atoms with E-state index in [1.807, 2.05) is 48.5 Å². The number of rotatable bonds is 6. The zero-order chi connectivity index (χ0) is 20.2. The topological polar surface area (TPSA) is 49.4 Å². The van der Waals surface area contributed by atoms with E-state index in [-0.39, 0.29) is 24.2 Å². The Morgan fingerprint density at radius 1 is 0.931 bits per heavy atom.